The Kier molecular flexibility index (Phi) is 3.61. The van der Waals surface area contributed by atoms with E-state index in [-0.39, 0.29) is 0 Å². The molecule has 2 heteroatoms. The Morgan fingerprint density at radius 2 is 1.55 bits per heavy atom. The quantitative estimate of drug-likeness (QED) is 0.587. The van der Waals surface area contributed by atoms with Crippen LogP contribution in [0.4, 0.5) is 11.4 Å². The third kappa shape index (κ3) is 2.40. The molecule has 0 spiro atoms. The molecule has 1 aliphatic heterocycles. The van der Waals surface area contributed by atoms with Gasteiger partial charge < -0.3 is 4.90 Å². The molecule has 108 valence electrons. The van der Waals surface area contributed by atoms with Crippen molar-refractivity contribution in [3.05, 3.63) is 83.9 Å². The summed E-state index contributed by atoms with van der Waals surface area (Å²) in [7, 11) is 0. The van der Waals surface area contributed by atoms with Crippen molar-refractivity contribution in [3.63, 3.8) is 0 Å². The summed E-state index contributed by atoms with van der Waals surface area (Å²) in [4.78, 5) is 2.39. The lowest BCUT2D eigenvalue weighted by Gasteiger charge is -2.27. The molecule has 0 radical (unpaired) electrons. The number of para-hydroxylation sites is 1. The molecule has 0 unspecified atom stereocenters. The van der Waals surface area contributed by atoms with Crippen LogP contribution in [-0.2, 0) is 0 Å². The smallest absolute Gasteiger partial charge is 0.0758 e. The van der Waals surface area contributed by atoms with Crippen LogP contribution >= 0.6 is 11.8 Å². The standard InChI is InChI=1S/C20H17NS/c1-2-10-17(11-3-1)21(20-14-7-15-22-20)19-13-6-9-16-8-4-5-12-18(16)19/h1-6,8-14H,7,15H2. The van der Waals surface area contributed by atoms with Gasteiger partial charge >= 0.3 is 0 Å². The Labute approximate surface area is 135 Å². The first-order valence-electron chi connectivity index (χ1n) is 7.59. The maximum absolute atomic E-state index is 2.39. The molecule has 0 atom stereocenters. The van der Waals surface area contributed by atoms with E-state index in [4.69, 9.17) is 0 Å². The Morgan fingerprint density at radius 3 is 2.36 bits per heavy atom. The number of allylic oxidation sites excluding steroid dienone is 1. The zero-order chi connectivity index (χ0) is 14.8. The van der Waals surface area contributed by atoms with Gasteiger partial charge in [0.25, 0.3) is 0 Å². The van der Waals surface area contributed by atoms with Crippen LogP contribution in [0, 0.1) is 0 Å². The normalized spacial score (nSPS) is 14.1. The van der Waals surface area contributed by atoms with Gasteiger partial charge in [0.2, 0.25) is 0 Å². The highest BCUT2D eigenvalue weighted by Gasteiger charge is 2.19. The highest BCUT2D eigenvalue weighted by molar-refractivity contribution is 8.03. The molecule has 4 rings (SSSR count). The fourth-order valence-electron chi connectivity index (χ4n) is 2.93. The second kappa shape index (κ2) is 5.90. The number of anilines is 2. The van der Waals surface area contributed by atoms with E-state index in [0.717, 1.165) is 6.42 Å². The molecular formula is C20H17NS. The maximum atomic E-state index is 2.39. The highest BCUT2D eigenvalue weighted by atomic mass is 32.2. The predicted octanol–water partition coefficient (Wildman–Crippen LogP) is 5.96. The Morgan fingerprint density at radius 1 is 0.773 bits per heavy atom. The average Bonchev–Trinajstić information content (AvgIpc) is 3.11. The lowest BCUT2D eigenvalue weighted by Crippen LogP contribution is -2.13. The molecule has 1 nitrogen and oxygen atoms in total. The summed E-state index contributed by atoms with van der Waals surface area (Å²) < 4.78 is 0. The molecule has 0 bridgehead atoms. The molecule has 0 aliphatic carbocycles. The molecule has 0 saturated carbocycles. The van der Waals surface area contributed by atoms with Crippen LogP contribution in [0.2, 0.25) is 0 Å². The van der Waals surface area contributed by atoms with E-state index in [1.807, 2.05) is 11.8 Å². The third-order valence-corrected chi connectivity index (χ3v) is 5.01. The number of rotatable bonds is 3. The van der Waals surface area contributed by atoms with Crippen LogP contribution < -0.4 is 4.90 Å². The molecule has 0 aromatic heterocycles. The third-order valence-electron chi connectivity index (χ3n) is 3.93. The molecule has 0 saturated heterocycles. The lowest BCUT2D eigenvalue weighted by atomic mass is 10.1. The van der Waals surface area contributed by atoms with E-state index >= 15 is 0 Å². The van der Waals surface area contributed by atoms with Crippen LogP contribution in [-0.4, -0.2) is 5.75 Å². The molecule has 3 aromatic carbocycles. The summed E-state index contributed by atoms with van der Waals surface area (Å²) in [6, 6.07) is 25.8. The number of nitrogens with zero attached hydrogens (tertiary/aromatic N) is 1. The first-order chi connectivity index (χ1) is 10.9. The van der Waals surface area contributed by atoms with Crippen molar-refractivity contribution in [2.75, 3.05) is 10.7 Å². The van der Waals surface area contributed by atoms with E-state index in [2.05, 4.69) is 83.8 Å². The van der Waals surface area contributed by atoms with Gasteiger partial charge in [-0.2, -0.15) is 0 Å². The number of fused-ring (bicyclic) bond motifs is 1. The molecule has 0 fully saturated rings. The van der Waals surface area contributed by atoms with Gasteiger partial charge in [-0.15, -0.1) is 11.8 Å². The van der Waals surface area contributed by atoms with Crippen molar-refractivity contribution in [1.29, 1.82) is 0 Å². The van der Waals surface area contributed by atoms with Gasteiger partial charge in [-0.1, -0.05) is 60.7 Å². The van der Waals surface area contributed by atoms with E-state index in [9.17, 15) is 0 Å². The maximum Gasteiger partial charge on any atom is 0.0758 e. The molecular weight excluding hydrogens is 286 g/mol. The number of benzene rings is 3. The predicted molar refractivity (Wildman–Crippen MR) is 97.7 cm³/mol. The average molecular weight is 303 g/mol. The summed E-state index contributed by atoms with van der Waals surface area (Å²) in [5, 5.41) is 3.91. The minimum atomic E-state index is 1.15. The fraction of sp³-hybridized carbons (Fsp3) is 0.100. The number of hydrogen-bond acceptors (Lipinski definition) is 2. The molecule has 0 amide bonds. The van der Waals surface area contributed by atoms with Crippen molar-refractivity contribution in [2.24, 2.45) is 0 Å². The first-order valence-corrected chi connectivity index (χ1v) is 8.58. The minimum Gasteiger partial charge on any atom is -0.305 e. The van der Waals surface area contributed by atoms with Crippen LogP contribution in [0.1, 0.15) is 6.42 Å². The van der Waals surface area contributed by atoms with Gasteiger partial charge in [-0.3, -0.25) is 0 Å². The van der Waals surface area contributed by atoms with Crippen molar-refractivity contribution in [3.8, 4) is 0 Å². The number of hydrogen-bond donors (Lipinski definition) is 0. The Balaban J connectivity index is 1.93. The van der Waals surface area contributed by atoms with Crippen molar-refractivity contribution < 1.29 is 0 Å². The van der Waals surface area contributed by atoms with Gasteiger partial charge in [0, 0.05) is 16.8 Å². The number of thioether (sulfide) groups is 1. The molecule has 0 N–H and O–H groups in total. The summed E-state index contributed by atoms with van der Waals surface area (Å²) >= 11 is 1.94. The van der Waals surface area contributed by atoms with Crippen LogP contribution in [0.3, 0.4) is 0 Å². The van der Waals surface area contributed by atoms with Crippen molar-refractivity contribution >= 4 is 33.9 Å². The topological polar surface area (TPSA) is 3.24 Å². The molecule has 3 aromatic rings. The first kappa shape index (κ1) is 13.5. The summed E-state index contributed by atoms with van der Waals surface area (Å²) in [6.45, 7) is 0. The van der Waals surface area contributed by atoms with Gasteiger partial charge in [-0.25, -0.2) is 0 Å². The van der Waals surface area contributed by atoms with Gasteiger partial charge in [-0.05, 0) is 30.0 Å². The van der Waals surface area contributed by atoms with Gasteiger partial charge in [0.05, 0.1) is 10.7 Å². The second-order valence-electron chi connectivity index (χ2n) is 5.35. The van der Waals surface area contributed by atoms with Crippen molar-refractivity contribution in [1.82, 2.24) is 0 Å². The second-order valence-corrected chi connectivity index (χ2v) is 6.46. The molecule has 1 heterocycles. The monoisotopic (exact) mass is 303 g/mol. The zero-order valence-corrected chi connectivity index (χ0v) is 13.1. The van der Waals surface area contributed by atoms with Crippen LogP contribution in [0.5, 0.6) is 0 Å². The Hall–Kier alpha value is -2.19. The fourth-order valence-corrected chi connectivity index (χ4v) is 3.94. The lowest BCUT2D eigenvalue weighted by molar-refractivity contribution is 1.23. The Bertz CT molecular complexity index is 818. The van der Waals surface area contributed by atoms with Crippen LogP contribution in [0.25, 0.3) is 10.8 Å². The summed E-state index contributed by atoms with van der Waals surface area (Å²) in [6.07, 6.45) is 3.49. The van der Waals surface area contributed by atoms with E-state index in [1.54, 1.807) is 0 Å². The van der Waals surface area contributed by atoms with Gasteiger partial charge in [0.15, 0.2) is 0 Å². The summed E-state index contributed by atoms with van der Waals surface area (Å²) in [5.74, 6) is 1.17. The highest BCUT2D eigenvalue weighted by Crippen LogP contribution is 2.41. The summed E-state index contributed by atoms with van der Waals surface area (Å²) in [5.41, 5.74) is 2.48. The SMILES string of the molecule is C1=C(N(c2ccccc2)c2cccc3ccccc23)SCC1. The van der Waals surface area contributed by atoms with E-state index < -0.39 is 0 Å². The van der Waals surface area contributed by atoms with E-state index in [0.29, 0.717) is 0 Å². The van der Waals surface area contributed by atoms with E-state index in [1.165, 1.54) is 32.9 Å². The van der Waals surface area contributed by atoms with Crippen LogP contribution in [0.15, 0.2) is 83.9 Å². The molecule has 1 aliphatic rings. The molecule has 22 heavy (non-hydrogen) atoms. The zero-order valence-electron chi connectivity index (χ0n) is 12.3. The largest absolute Gasteiger partial charge is 0.305 e. The van der Waals surface area contributed by atoms with Crippen molar-refractivity contribution in [2.45, 2.75) is 6.42 Å². The van der Waals surface area contributed by atoms with Gasteiger partial charge in [0.1, 0.15) is 0 Å². The minimum absolute atomic E-state index is 1.15.